The Kier molecular flexibility index (Phi) is 5.22. The van der Waals surface area contributed by atoms with E-state index < -0.39 is 0 Å². The van der Waals surface area contributed by atoms with Gasteiger partial charge in [0.2, 0.25) is 5.91 Å². The molecule has 2 aromatic rings. The molecule has 3 N–H and O–H groups in total. The minimum Gasteiger partial charge on any atom is -0.496 e. The van der Waals surface area contributed by atoms with Gasteiger partial charge in [-0.15, -0.1) is 0 Å². The summed E-state index contributed by atoms with van der Waals surface area (Å²) in [7, 11) is 1.64. The van der Waals surface area contributed by atoms with Crippen LogP contribution in [-0.2, 0) is 17.8 Å². The number of methoxy groups -OCH3 is 1. The molecule has 110 valence electrons. The predicted octanol–water partition coefficient (Wildman–Crippen LogP) is 3.10. The van der Waals surface area contributed by atoms with E-state index in [1.165, 1.54) is 0 Å². The zero-order valence-corrected chi connectivity index (χ0v) is 13.3. The van der Waals surface area contributed by atoms with Crippen LogP contribution in [0.25, 0.3) is 0 Å². The van der Waals surface area contributed by atoms with Gasteiger partial charge in [-0.05, 0) is 51.3 Å². The summed E-state index contributed by atoms with van der Waals surface area (Å²) in [5, 5.41) is 3.33. The van der Waals surface area contributed by atoms with E-state index >= 15 is 0 Å². The molecule has 0 radical (unpaired) electrons. The van der Waals surface area contributed by atoms with Crippen LogP contribution in [0.4, 0.5) is 5.69 Å². The van der Waals surface area contributed by atoms with Crippen molar-refractivity contribution >= 4 is 27.5 Å². The van der Waals surface area contributed by atoms with Crippen LogP contribution in [-0.4, -0.2) is 13.0 Å². The quantitative estimate of drug-likeness (QED) is 0.842. The Balaban J connectivity index is 1.96. The van der Waals surface area contributed by atoms with Crippen LogP contribution in [0.5, 0.6) is 5.75 Å². The number of anilines is 1. The molecule has 0 fully saturated rings. The van der Waals surface area contributed by atoms with Crippen molar-refractivity contribution in [3.05, 3.63) is 58.1 Å². The molecule has 0 aliphatic heterocycles. The molecule has 0 unspecified atom stereocenters. The number of halogens is 1. The standard InChI is InChI=1S/C16H17BrN2O2/c1-21-15-7-4-12(8-14(15)17)10-19-13-5-2-11(3-6-13)9-16(18)20/h2-8,19H,9-10H2,1H3,(H2,18,20). The smallest absolute Gasteiger partial charge is 0.221 e. The van der Waals surface area contributed by atoms with Gasteiger partial charge in [0.1, 0.15) is 5.75 Å². The molecule has 21 heavy (non-hydrogen) atoms. The van der Waals surface area contributed by atoms with Gasteiger partial charge in [0, 0.05) is 12.2 Å². The maximum absolute atomic E-state index is 10.8. The second-order valence-electron chi connectivity index (χ2n) is 4.66. The molecule has 0 aliphatic rings. The number of nitrogens with one attached hydrogen (secondary N) is 1. The Bertz CT molecular complexity index is 627. The average Bonchev–Trinajstić information content (AvgIpc) is 2.46. The Labute approximate surface area is 132 Å². The number of carbonyl (C=O) groups excluding carboxylic acids is 1. The molecule has 2 rings (SSSR count). The molecule has 0 saturated carbocycles. The summed E-state index contributed by atoms with van der Waals surface area (Å²) in [6.07, 6.45) is 0.270. The molecule has 0 heterocycles. The predicted molar refractivity (Wildman–Crippen MR) is 87.4 cm³/mol. The van der Waals surface area contributed by atoms with Crippen LogP contribution >= 0.6 is 15.9 Å². The molecule has 0 atom stereocenters. The van der Waals surface area contributed by atoms with Crippen molar-refractivity contribution in [1.82, 2.24) is 0 Å². The number of nitrogens with two attached hydrogens (primary N) is 1. The van der Waals surface area contributed by atoms with Gasteiger partial charge in [0.15, 0.2) is 0 Å². The highest BCUT2D eigenvalue weighted by atomic mass is 79.9. The Hall–Kier alpha value is -2.01. The van der Waals surface area contributed by atoms with Gasteiger partial charge < -0.3 is 15.8 Å². The fraction of sp³-hybridized carbons (Fsp3) is 0.188. The van der Waals surface area contributed by atoms with E-state index in [9.17, 15) is 4.79 Å². The third-order valence-electron chi connectivity index (χ3n) is 3.05. The molecule has 2 aromatic carbocycles. The maximum Gasteiger partial charge on any atom is 0.221 e. The minimum absolute atomic E-state index is 0.270. The van der Waals surface area contributed by atoms with Crippen LogP contribution in [0.15, 0.2) is 46.9 Å². The largest absolute Gasteiger partial charge is 0.496 e. The normalized spacial score (nSPS) is 10.2. The fourth-order valence-electron chi connectivity index (χ4n) is 1.97. The zero-order valence-electron chi connectivity index (χ0n) is 11.7. The van der Waals surface area contributed by atoms with Gasteiger partial charge in [0.05, 0.1) is 18.0 Å². The molecule has 5 heteroatoms. The number of benzene rings is 2. The van der Waals surface area contributed by atoms with E-state index in [2.05, 4.69) is 21.2 Å². The van der Waals surface area contributed by atoms with E-state index in [0.29, 0.717) is 6.54 Å². The van der Waals surface area contributed by atoms with Crippen molar-refractivity contribution in [2.45, 2.75) is 13.0 Å². The van der Waals surface area contributed by atoms with Crippen molar-refractivity contribution in [1.29, 1.82) is 0 Å². The molecular weight excluding hydrogens is 332 g/mol. The second kappa shape index (κ2) is 7.13. The highest BCUT2D eigenvalue weighted by Crippen LogP contribution is 2.25. The summed E-state index contributed by atoms with van der Waals surface area (Å²) in [4.78, 5) is 10.8. The summed E-state index contributed by atoms with van der Waals surface area (Å²) in [6.45, 7) is 0.706. The number of rotatable bonds is 6. The Morgan fingerprint density at radius 3 is 2.43 bits per heavy atom. The zero-order chi connectivity index (χ0) is 15.2. The number of hydrogen-bond donors (Lipinski definition) is 2. The maximum atomic E-state index is 10.8. The van der Waals surface area contributed by atoms with E-state index in [0.717, 1.165) is 27.0 Å². The lowest BCUT2D eigenvalue weighted by Gasteiger charge is -2.09. The second-order valence-corrected chi connectivity index (χ2v) is 5.52. The number of hydrogen-bond acceptors (Lipinski definition) is 3. The number of primary amides is 1. The van der Waals surface area contributed by atoms with Crippen molar-refractivity contribution in [3.8, 4) is 5.75 Å². The molecular formula is C16H17BrN2O2. The van der Waals surface area contributed by atoms with Crippen molar-refractivity contribution in [3.63, 3.8) is 0 Å². The summed E-state index contributed by atoms with van der Waals surface area (Å²) >= 11 is 3.47. The first-order valence-electron chi connectivity index (χ1n) is 6.52. The van der Waals surface area contributed by atoms with Gasteiger partial charge in [-0.2, -0.15) is 0 Å². The summed E-state index contributed by atoms with van der Waals surface area (Å²) in [6, 6.07) is 13.6. The lowest BCUT2D eigenvalue weighted by Crippen LogP contribution is -2.13. The highest BCUT2D eigenvalue weighted by Gasteiger charge is 2.02. The molecule has 0 aromatic heterocycles. The third kappa shape index (κ3) is 4.49. The van der Waals surface area contributed by atoms with E-state index in [1.807, 2.05) is 42.5 Å². The molecule has 4 nitrogen and oxygen atoms in total. The average molecular weight is 349 g/mol. The lowest BCUT2D eigenvalue weighted by atomic mass is 10.1. The van der Waals surface area contributed by atoms with Crippen LogP contribution in [0.3, 0.4) is 0 Å². The number of ether oxygens (including phenoxy) is 1. The van der Waals surface area contributed by atoms with Gasteiger partial charge in [-0.3, -0.25) is 4.79 Å². The fourth-order valence-corrected chi connectivity index (χ4v) is 2.55. The van der Waals surface area contributed by atoms with Crippen molar-refractivity contribution < 1.29 is 9.53 Å². The van der Waals surface area contributed by atoms with E-state index in [4.69, 9.17) is 10.5 Å². The van der Waals surface area contributed by atoms with Crippen LogP contribution in [0.2, 0.25) is 0 Å². The summed E-state index contributed by atoms with van der Waals surface area (Å²) in [5.41, 5.74) is 8.22. The van der Waals surface area contributed by atoms with Crippen LogP contribution in [0, 0.1) is 0 Å². The van der Waals surface area contributed by atoms with E-state index in [1.54, 1.807) is 7.11 Å². The minimum atomic E-state index is -0.321. The van der Waals surface area contributed by atoms with Gasteiger partial charge >= 0.3 is 0 Å². The number of amides is 1. The van der Waals surface area contributed by atoms with Crippen LogP contribution in [0.1, 0.15) is 11.1 Å². The summed E-state index contributed by atoms with van der Waals surface area (Å²) < 4.78 is 6.13. The molecule has 0 aliphatic carbocycles. The number of carbonyl (C=O) groups is 1. The monoisotopic (exact) mass is 348 g/mol. The first kappa shape index (κ1) is 15.4. The molecule has 0 spiro atoms. The summed E-state index contributed by atoms with van der Waals surface area (Å²) in [5.74, 6) is 0.494. The first-order valence-corrected chi connectivity index (χ1v) is 7.31. The van der Waals surface area contributed by atoms with Gasteiger partial charge in [-0.1, -0.05) is 18.2 Å². The SMILES string of the molecule is COc1ccc(CNc2ccc(CC(N)=O)cc2)cc1Br. The van der Waals surface area contributed by atoms with Crippen LogP contribution < -0.4 is 15.8 Å². The van der Waals surface area contributed by atoms with Gasteiger partial charge in [0.25, 0.3) is 0 Å². The molecule has 0 bridgehead atoms. The molecule has 0 saturated heterocycles. The topological polar surface area (TPSA) is 64.3 Å². The van der Waals surface area contributed by atoms with E-state index in [-0.39, 0.29) is 12.3 Å². The van der Waals surface area contributed by atoms with Gasteiger partial charge in [-0.25, -0.2) is 0 Å². The highest BCUT2D eigenvalue weighted by molar-refractivity contribution is 9.10. The molecule has 1 amide bonds. The third-order valence-corrected chi connectivity index (χ3v) is 3.66. The Morgan fingerprint density at radius 1 is 1.19 bits per heavy atom. The van der Waals surface area contributed by atoms with Crippen molar-refractivity contribution in [2.75, 3.05) is 12.4 Å². The lowest BCUT2D eigenvalue weighted by molar-refractivity contribution is -0.117. The first-order chi connectivity index (χ1) is 10.1. The van der Waals surface area contributed by atoms with Crippen molar-refractivity contribution in [2.24, 2.45) is 5.73 Å². The Morgan fingerprint density at radius 2 is 1.86 bits per heavy atom.